The highest BCUT2D eigenvalue weighted by Gasteiger charge is 2.32. The molecule has 3 N–H and O–H groups in total. The van der Waals surface area contributed by atoms with E-state index in [4.69, 9.17) is 0 Å². The standard InChI is InChI=1S/C13H26N4O3/c1-10(18)14-4-5-15-13(20)9-17-8-12(19)6-11(17)7-16(2)3/h11-12,19H,4-9H2,1-3H3,(H,14,18)(H,15,20). The molecule has 0 bridgehead atoms. The zero-order chi connectivity index (χ0) is 15.1. The zero-order valence-corrected chi connectivity index (χ0v) is 12.6. The van der Waals surface area contributed by atoms with Crippen LogP contribution in [0.3, 0.4) is 0 Å². The second-order valence-corrected chi connectivity index (χ2v) is 5.57. The summed E-state index contributed by atoms with van der Waals surface area (Å²) in [6, 6.07) is 0.209. The van der Waals surface area contributed by atoms with Crippen molar-refractivity contribution in [2.45, 2.75) is 25.5 Å². The lowest BCUT2D eigenvalue weighted by Crippen LogP contribution is -2.44. The lowest BCUT2D eigenvalue weighted by molar-refractivity contribution is -0.123. The number of hydrogen-bond donors (Lipinski definition) is 3. The third-order valence-electron chi connectivity index (χ3n) is 3.25. The fourth-order valence-corrected chi connectivity index (χ4v) is 2.44. The van der Waals surface area contributed by atoms with Crippen molar-refractivity contribution in [2.75, 3.05) is 46.8 Å². The number of β-amino-alcohol motifs (C(OH)–C–C–N with tert-alkyl or cyclic N) is 1. The third-order valence-corrected chi connectivity index (χ3v) is 3.25. The van der Waals surface area contributed by atoms with Crippen LogP contribution >= 0.6 is 0 Å². The van der Waals surface area contributed by atoms with Gasteiger partial charge in [0.1, 0.15) is 0 Å². The largest absolute Gasteiger partial charge is 0.392 e. The van der Waals surface area contributed by atoms with Gasteiger partial charge in [0, 0.05) is 39.1 Å². The van der Waals surface area contributed by atoms with Crippen LogP contribution in [0.2, 0.25) is 0 Å². The fourth-order valence-electron chi connectivity index (χ4n) is 2.44. The summed E-state index contributed by atoms with van der Waals surface area (Å²) in [5.74, 6) is -0.179. The molecule has 0 aromatic carbocycles. The molecule has 0 aromatic rings. The second-order valence-electron chi connectivity index (χ2n) is 5.57. The van der Waals surface area contributed by atoms with Gasteiger partial charge in [0.15, 0.2) is 0 Å². The second kappa shape index (κ2) is 8.18. The van der Waals surface area contributed by atoms with E-state index in [1.54, 1.807) is 0 Å². The Morgan fingerprint density at radius 1 is 1.30 bits per heavy atom. The number of carbonyl (C=O) groups excluding carboxylic acids is 2. The Morgan fingerprint density at radius 2 is 1.95 bits per heavy atom. The Bertz CT molecular complexity index is 336. The van der Waals surface area contributed by atoms with E-state index in [0.29, 0.717) is 26.1 Å². The summed E-state index contributed by atoms with van der Waals surface area (Å²) in [6.45, 7) is 3.96. The van der Waals surface area contributed by atoms with Gasteiger partial charge in [-0.1, -0.05) is 0 Å². The molecule has 116 valence electrons. The Kier molecular flexibility index (Phi) is 6.90. The van der Waals surface area contributed by atoms with Gasteiger partial charge in [0.05, 0.1) is 12.6 Å². The van der Waals surface area contributed by atoms with E-state index in [0.717, 1.165) is 6.54 Å². The molecule has 0 radical (unpaired) electrons. The van der Waals surface area contributed by atoms with Crippen molar-refractivity contribution in [3.05, 3.63) is 0 Å². The van der Waals surface area contributed by atoms with Crippen molar-refractivity contribution >= 4 is 11.8 Å². The number of amides is 2. The third kappa shape index (κ3) is 6.31. The molecular formula is C13H26N4O3. The molecule has 0 saturated carbocycles. The number of rotatable bonds is 7. The van der Waals surface area contributed by atoms with Gasteiger partial charge in [-0.3, -0.25) is 14.5 Å². The van der Waals surface area contributed by atoms with Gasteiger partial charge in [0.2, 0.25) is 11.8 Å². The smallest absolute Gasteiger partial charge is 0.234 e. The molecule has 20 heavy (non-hydrogen) atoms. The molecule has 1 aliphatic rings. The average Bonchev–Trinajstić information content (AvgIpc) is 2.64. The molecule has 1 rings (SSSR count). The lowest BCUT2D eigenvalue weighted by Gasteiger charge is -2.26. The minimum atomic E-state index is -0.355. The van der Waals surface area contributed by atoms with Crippen LogP contribution in [0.25, 0.3) is 0 Å². The number of aliphatic hydroxyl groups is 1. The minimum absolute atomic E-state index is 0.0757. The summed E-state index contributed by atoms with van der Waals surface area (Å²) in [4.78, 5) is 26.6. The van der Waals surface area contributed by atoms with E-state index in [2.05, 4.69) is 15.5 Å². The van der Waals surface area contributed by atoms with Crippen molar-refractivity contribution in [1.82, 2.24) is 20.4 Å². The Labute approximate surface area is 120 Å². The molecule has 2 atom stereocenters. The predicted molar refractivity (Wildman–Crippen MR) is 76.2 cm³/mol. The van der Waals surface area contributed by atoms with E-state index in [1.807, 2.05) is 19.0 Å². The van der Waals surface area contributed by atoms with E-state index in [1.165, 1.54) is 6.92 Å². The highest BCUT2D eigenvalue weighted by Crippen LogP contribution is 2.17. The number of hydrogen-bond acceptors (Lipinski definition) is 5. The monoisotopic (exact) mass is 286 g/mol. The molecule has 7 heteroatoms. The first-order valence-corrected chi connectivity index (χ1v) is 6.96. The Hall–Kier alpha value is -1.18. The van der Waals surface area contributed by atoms with Gasteiger partial charge >= 0.3 is 0 Å². The summed E-state index contributed by atoms with van der Waals surface area (Å²) in [7, 11) is 3.97. The first kappa shape index (κ1) is 16.9. The number of aliphatic hydroxyl groups excluding tert-OH is 1. The van der Waals surface area contributed by atoms with Crippen LogP contribution in [0.15, 0.2) is 0 Å². The van der Waals surface area contributed by atoms with Crippen LogP contribution in [0.1, 0.15) is 13.3 Å². The fraction of sp³-hybridized carbons (Fsp3) is 0.846. The average molecular weight is 286 g/mol. The molecule has 0 spiro atoms. The van der Waals surface area contributed by atoms with Gasteiger partial charge in [-0.05, 0) is 20.5 Å². The minimum Gasteiger partial charge on any atom is -0.392 e. The van der Waals surface area contributed by atoms with Gasteiger partial charge in [-0.25, -0.2) is 0 Å². The maximum atomic E-state index is 11.8. The van der Waals surface area contributed by atoms with Crippen molar-refractivity contribution in [1.29, 1.82) is 0 Å². The van der Waals surface area contributed by atoms with Crippen molar-refractivity contribution in [3.8, 4) is 0 Å². The molecule has 2 amide bonds. The Morgan fingerprint density at radius 3 is 2.55 bits per heavy atom. The van der Waals surface area contributed by atoms with Crippen LogP contribution < -0.4 is 10.6 Å². The van der Waals surface area contributed by atoms with Crippen LogP contribution in [0.4, 0.5) is 0 Å². The summed E-state index contributed by atoms with van der Waals surface area (Å²) in [5.41, 5.74) is 0. The summed E-state index contributed by atoms with van der Waals surface area (Å²) in [5, 5.41) is 15.1. The lowest BCUT2D eigenvalue weighted by atomic mass is 10.2. The first-order chi connectivity index (χ1) is 9.38. The van der Waals surface area contributed by atoms with Crippen LogP contribution in [0, 0.1) is 0 Å². The molecule has 0 aliphatic carbocycles. The summed E-state index contributed by atoms with van der Waals surface area (Å²) in [6.07, 6.45) is 0.351. The van der Waals surface area contributed by atoms with Gasteiger partial charge in [0.25, 0.3) is 0 Å². The van der Waals surface area contributed by atoms with Crippen LogP contribution in [0.5, 0.6) is 0 Å². The van der Waals surface area contributed by atoms with Gasteiger partial charge in [-0.2, -0.15) is 0 Å². The normalized spacial score (nSPS) is 23.1. The van der Waals surface area contributed by atoms with E-state index in [-0.39, 0.29) is 30.5 Å². The van der Waals surface area contributed by atoms with Crippen molar-refractivity contribution < 1.29 is 14.7 Å². The molecule has 0 aromatic heterocycles. The highest BCUT2D eigenvalue weighted by atomic mass is 16.3. The Balaban J connectivity index is 2.30. The SMILES string of the molecule is CC(=O)NCCNC(=O)CN1CC(O)CC1CN(C)C. The maximum Gasteiger partial charge on any atom is 0.234 e. The zero-order valence-electron chi connectivity index (χ0n) is 12.6. The first-order valence-electron chi connectivity index (χ1n) is 6.96. The van der Waals surface area contributed by atoms with Crippen LogP contribution in [-0.2, 0) is 9.59 Å². The topological polar surface area (TPSA) is 84.9 Å². The molecule has 7 nitrogen and oxygen atoms in total. The van der Waals surface area contributed by atoms with E-state index >= 15 is 0 Å². The van der Waals surface area contributed by atoms with E-state index < -0.39 is 0 Å². The molecule has 2 unspecified atom stereocenters. The summed E-state index contributed by atoms with van der Waals surface area (Å²) < 4.78 is 0. The van der Waals surface area contributed by atoms with Gasteiger partial charge < -0.3 is 20.6 Å². The molecule has 1 saturated heterocycles. The highest BCUT2D eigenvalue weighted by molar-refractivity contribution is 5.78. The van der Waals surface area contributed by atoms with Crippen LogP contribution in [-0.4, -0.2) is 85.7 Å². The molecule has 1 fully saturated rings. The van der Waals surface area contributed by atoms with Crippen molar-refractivity contribution in [3.63, 3.8) is 0 Å². The molecular weight excluding hydrogens is 260 g/mol. The maximum absolute atomic E-state index is 11.8. The van der Waals surface area contributed by atoms with E-state index in [9.17, 15) is 14.7 Å². The van der Waals surface area contributed by atoms with Gasteiger partial charge in [-0.15, -0.1) is 0 Å². The predicted octanol–water partition coefficient (Wildman–Crippen LogP) is -1.76. The number of nitrogens with zero attached hydrogens (tertiary/aromatic N) is 2. The summed E-state index contributed by atoms with van der Waals surface area (Å²) >= 11 is 0. The number of nitrogens with one attached hydrogen (secondary N) is 2. The van der Waals surface area contributed by atoms with Crippen molar-refractivity contribution in [2.24, 2.45) is 0 Å². The number of likely N-dealkylation sites (tertiary alicyclic amines) is 1. The number of carbonyl (C=O) groups is 2. The molecule has 1 aliphatic heterocycles. The number of likely N-dealkylation sites (N-methyl/N-ethyl adjacent to an activating group) is 1. The quantitative estimate of drug-likeness (QED) is 0.483. The molecule has 1 heterocycles.